The van der Waals surface area contributed by atoms with Gasteiger partial charge in [0.15, 0.2) is 0 Å². The maximum atomic E-state index is 7.20. The first-order valence-corrected chi connectivity index (χ1v) is 9.57. The molecule has 28 heavy (non-hydrogen) atoms. The predicted molar refractivity (Wildman–Crippen MR) is 118 cm³/mol. The lowest BCUT2D eigenvalue weighted by Gasteiger charge is -2.26. The predicted octanol–water partition coefficient (Wildman–Crippen LogP) is 6.83. The highest BCUT2D eigenvalue weighted by atomic mass is 15.0. The fraction of sp³-hybridized carbons (Fsp3) is 0.375. The van der Waals surface area contributed by atoms with Crippen molar-refractivity contribution in [1.82, 2.24) is 9.97 Å². The second-order valence-electron chi connectivity index (χ2n) is 9.29. The van der Waals surface area contributed by atoms with E-state index in [9.17, 15) is 0 Å². The number of nitrogens with zero attached hydrogens (tertiary/aromatic N) is 3. The summed E-state index contributed by atoms with van der Waals surface area (Å²) in [6.45, 7) is 22.4. The Kier molecular flexibility index (Phi) is 4.89. The van der Waals surface area contributed by atoms with Gasteiger partial charge in [-0.05, 0) is 36.1 Å². The van der Waals surface area contributed by atoms with Crippen LogP contribution in [0.5, 0.6) is 0 Å². The van der Waals surface area contributed by atoms with Crippen LogP contribution >= 0.6 is 0 Å². The maximum Gasteiger partial charge on any atom is 0.208 e. The van der Waals surface area contributed by atoms with Crippen LogP contribution in [0.3, 0.4) is 0 Å². The van der Waals surface area contributed by atoms with Crippen LogP contribution in [0.25, 0.3) is 15.7 Å². The van der Waals surface area contributed by atoms with Crippen molar-refractivity contribution in [3.63, 3.8) is 0 Å². The van der Waals surface area contributed by atoms with Crippen molar-refractivity contribution in [2.75, 3.05) is 5.32 Å². The van der Waals surface area contributed by atoms with Crippen molar-refractivity contribution in [1.29, 1.82) is 0 Å². The summed E-state index contributed by atoms with van der Waals surface area (Å²) in [7, 11) is 0. The van der Waals surface area contributed by atoms with Crippen molar-refractivity contribution in [3.8, 4) is 0 Å². The van der Waals surface area contributed by atoms with Crippen molar-refractivity contribution in [2.24, 2.45) is 0 Å². The number of hydrogen-bond acceptors (Lipinski definition) is 3. The molecular formula is C24H28N4. The van der Waals surface area contributed by atoms with E-state index in [-0.39, 0.29) is 10.8 Å². The van der Waals surface area contributed by atoms with Gasteiger partial charge in [-0.2, -0.15) is 0 Å². The van der Waals surface area contributed by atoms with Gasteiger partial charge >= 0.3 is 0 Å². The first-order chi connectivity index (χ1) is 13.0. The van der Waals surface area contributed by atoms with Crippen LogP contribution < -0.4 is 5.32 Å². The molecule has 0 aliphatic carbocycles. The summed E-state index contributed by atoms with van der Waals surface area (Å²) in [5.74, 6) is 0.720. The molecule has 4 nitrogen and oxygen atoms in total. The molecule has 0 aliphatic heterocycles. The minimum absolute atomic E-state index is 0.00588. The van der Waals surface area contributed by atoms with Crippen LogP contribution in [-0.2, 0) is 10.8 Å². The van der Waals surface area contributed by atoms with Gasteiger partial charge in [-0.15, -0.1) is 0 Å². The van der Waals surface area contributed by atoms with Crippen molar-refractivity contribution < 1.29 is 0 Å². The zero-order chi connectivity index (χ0) is 20.7. The molecule has 2 heterocycles. The lowest BCUT2D eigenvalue weighted by molar-refractivity contribution is 0.558. The Hall–Kier alpha value is -2.93. The fourth-order valence-electron chi connectivity index (χ4n) is 3.23. The van der Waals surface area contributed by atoms with E-state index in [4.69, 9.17) is 11.6 Å². The SMILES string of the molecule is [C-]#[N+]c1ccc(Nc2cccc3c(C(C)(C)C)cc(C(C)(C)C)nc23)nc1C. The molecule has 0 atom stereocenters. The van der Waals surface area contributed by atoms with Gasteiger partial charge < -0.3 is 5.32 Å². The van der Waals surface area contributed by atoms with Gasteiger partial charge in [0.25, 0.3) is 0 Å². The minimum atomic E-state index is -0.0482. The Morgan fingerprint density at radius 2 is 1.64 bits per heavy atom. The van der Waals surface area contributed by atoms with Crippen molar-refractivity contribution in [3.05, 3.63) is 64.8 Å². The van der Waals surface area contributed by atoms with Gasteiger partial charge in [0.05, 0.1) is 17.8 Å². The summed E-state index contributed by atoms with van der Waals surface area (Å²) < 4.78 is 0. The molecular weight excluding hydrogens is 344 g/mol. The zero-order valence-electron chi connectivity index (χ0n) is 17.8. The van der Waals surface area contributed by atoms with E-state index >= 15 is 0 Å². The van der Waals surface area contributed by atoms with Gasteiger partial charge in [-0.25, -0.2) is 9.83 Å². The molecule has 0 amide bonds. The lowest BCUT2D eigenvalue weighted by atomic mass is 9.81. The molecule has 3 rings (SSSR count). The molecule has 4 heteroatoms. The standard InChI is InChI=1S/C24H28N4/c1-15-18(25-8)12-13-21(26-15)27-19-11-9-10-16-17(23(2,3)4)14-20(24(5,6)7)28-22(16)19/h9-14H,1-7H3,(H,26,27). The van der Waals surface area contributed by atoms with E-state index < -0.39 is 0 Å². The van der Waals surface area contributed by atoms with Crippen LogP contribution in [0.2, 0.25) is 0 Å². The number of para-hydroxylation sites is 1. The summed E-state index contributed by atoms with van der Waals surface area (Å²) in [6, 6.07) is 12.1. The Morgan fingerprint density at radius 1 is 0.929 bits per heavy atom. The molecule has 3 aromatic rings. The molecule has 0 aliphatic rings. The van der Waals surface area contributed by atoms with E-state index in [1.807, 2.05) is 19.1 Å². The summed E-state index contributed by atoms with van der Waals surface area (Å²) in [5.41, 5.74) is 5.50. The quantitative estimate of drug-likeness (QED) is 0.501. The lowest BCUT2D eigenvalue weighted by Crippen LogP contribution is -2.19. The number of anilines is 2. The summed E-state index contributed by atoms with van der Waals surface area (Å²) in [6.07, 6.45) is 0. The van der Waals surface area contributed by atoms with Crippen LogP contribution in [0.15, 0.2) is 36.4 Å². The zero-order valence-corrected chi connectivity index (χ0v) is 17.8. The van der Waals surface area contributed by atoms with Gasteiger partial charge in [-0.1, -0.05) is 59.7 Å². The van der Waals surface area contributed by atoms with E-state index in [0.29, 0.717) is 5.69 Å². The van der Waals surface area contributed by atoms with Gasteiger partial charge in [0.1, 0.15) is 5.82 Å². The molecule has 1 aromatic carbocycles. The Labute approximate surface area is 167 Å². The number of rotatable bonds is 2. The highest BCUT2D eigenvalue weighted by Gasteiger charge is 2.24. The highest BCUT2D eigenvalue weighted by Crippen LogP contribution is 2.36. The summed E-state index contributed by atoms with van der Waals surface area (Å²) in [5, 5.41) is 4.57. The van der Waals surface area contributed by atoms with E-state index in [2.05, 4.69) is 74.9 Å². The summed E-state index contributed by atoms with van der Waals surface area (Å²) in [4.78, 5) is 13.1. The fourth-order valence-corrected chi connectivity index (χ4v) is 3.23. The Bertz CT molecular complexity index is 1080. The number of aromatic nitrogens is 2. The highest BCUT2D eigenvalue weighted by molar-refractivity contribution is 5.94. The third kappa shape index (κ3) is 3.84. The summed E-state index contributed by atoms with van der Waals surface area (Å²) >= 11 is 0. The molecule has 0 fully saturated rings. The van der Waals surface area contributed by atoms with E-state index in [1.165, 1.54) is 5.56 Å². The smallest absolute Gasteiger partial charge is 0.208 e. The van der Waals surface area contributed by atoms with Crippen molar-refractivity contribution >= 4 is 28.1 Å². The number of nitrogens with one attached hydrogen (secondary N) is 1. The number of benzene rings is 1. The third-order valence-corrected chi connectivity index (χ3v) is 4.86. The second kappa shape index (κ2) is 6.91. The monoisotopic (exact) mass is 372 g/mol. The average Bonchev–Trinajstić information content (AvgIpc) is 2.59. The molecule has 144 valence electrons. The first kappa shape index (κ1) is 19.8. The van der Waals surface area contributed by atoms with E-state index in [1.54, 1.807) is 6.07 Å². The maximum absolute atomic E-state index is 7.20. The largest absolute Gasteiger partial charge is 0.339 e. The molecule has 0 bridgehead atoms. The molecule has 0 spiro atoms. The van der Waals surface area contributed by atoms with Crippen LogP contribution in [-0.4, -0.2) is 9.97 Å². The van der Waals surface area contributed by atoms with Crippen molar-refractivity contribution in [2.45, 2.75) is 59.3 Å². The number of fused-ring (bicyclic) bond motifs is 1. The van der Waals surface area contributed by atoms with Crippen LogP contribution in [0, 0.1) is 13.5 Å². The molecule has 2 aromatic heterocycles. The van der Waals surface area contributed by atoms with Crippen LogP contribution in [0.1, 0.15) is 58.5 Å². The van der Waals surface area contributed by atoms with Gasteiger partial charge in [0, 0.05) is 22.2 Å². The number of pyridine rings is 2. The number of aryl methyl sites for hydroxylation is 1. The minimum Gasteiger partial charge on any atom is -0.339 e. The normalized spacial score (nSPS) is 12.1. The van der Waals surface area contributed by atoms with Gasteiger partial charge in [0.2, 0.25) is 5.69 Å². The number of hydrogen-bond donors (Lipinski definition) is 1. The molecule has 0 saturated carbocycles. The third-order valence-electron chi connectivity index (χ3n) is 4.86. The van der Waals surface area contributed by atoms with Crippen LogP contribution in [0.4, 0.5) is 17.2 Å². The molecule has 0 unspecified atom stereocenters. The van der Waals surface area contributed by atoms with Gasteiger partial charge in [-0.3, -0.25) is 4.98 Å². The Morgan fingerprint density at radius 3 is 2.21 bits per heavy atom. The average molecular weight is 373 g/mol. The molecule has 0 saturated heterocycles. The molecule has 1 N–H and O–H groups in total. The topological polar surface area (TPSA) is 42.2 Å². The molecule has 0 radical (unpaired) electrons. The first-order valence-electron chi connectivity index (χ1n) is 9.57. The second-order valence-corrected chi connectivity index (χ2v) is 9.29. The van der Waals surface area contributed by atoms with E-state index in [0.717, 1.165) is 33.8 Å². The Balaban J connectivity index is 2.21.